The van der Waals surface area contributed by atoms with E-state index in [1.165, 1.54) is 6.33 Å². The molecule has 1 aromatic carbocycles. The average Bonchev–Trinajstić information content (AvgIpc) is 2.29. The van der Waals surface area contributed by atoms with Gasteiger partial charge < -0.3 is 4.98 Å². The van der Waals surface area contributed by atoms with Crippen LogP contribution in [0.25, 0.3) is 21.7 Å². The number of fused-ring (bicyclic) bond motifs is 3. The summed E-state index contributed by atoms with van der Waals surface area (Å²) in [7, 11) is 0. The fraction of sp³-hybridized carbons (Fsp3) is 0. The number of nitrogens with one attached hydrogen (secondary N) is 1. The highest BCUT2D eigenvalue weighted by atomic mass is 16.1. The van der Waals surface area contributed by atoms with E-state index in [1.807, 2.05) is 12.1 Å². The van der Waals surface area contributed by atoms with Gasteiger partial charge in [-0.3, -0.25) is 9.78 Å². The highest BCUT2D eigenvalue weighted by Crippen LogP contribution is 2.19. The molecule has 0 saturated carbocycles. The first-order valence-corrected chi connectivity index (χ1v) is 4.56. The zero-order valence-corrected chi connectivity index (χ0v) is 7.77. The van der Waals surface area contributed by atoms with E-state index in [1.54, 1.807) is 18.5 Å². The van der Waals surface area contributed by atoms with E-state index >= 15 is 0 Å². The lowest BCUT2D eigenvalue weighted by Gasteiger charge is -2.00. The fourth-order valence-corrected chi connectivity index (χ4v) is 1.71. The maximum absolute atomic E-state index is 11.5. The fourth-order valence-electron chi connectivity index (χ4n) is 1.71. The summed E-state index contributed by atoms with van der Waals surface area (Å²) in [5.41, 5.74) is 0.609. The Labute approximate surface area is 84.6 Å². The average molecular weight is 197 g/mol. The molecule has 0 atom stereocenters. The highest BCUT2D eigenvalue weighted by Gasteiger charge is 2.03. The smallest absolute Gasteiger partial charge is 0.258 e. The summed E-state index contributed by atoms with van der Waals surface area (Å²) < 4.78 is 0. The molecule has 0 spiro atoms. The van der Waals surface area contributed by atoms with E-state index in [0.717, 1.165) is 16.3 Å². The van der Waals surface area contributed by atoms with Crippen LogP contribution >= 0.6 is 0 Å². The molecule has 2 aromatic heterocycles. The Morgan fingerprint density at radius 1 is 1.13 bits per heavy atom. The van der Waals surface area contributed by atoms with Gasteiger partial charge in [0.05, 0.1) is 17.2 Å². The molecule has 2 heterocycles. The number of rotatable bonds is 0. The zero-order valence-electron chi connectivity index (χ0n) is 7.77. The van der Waals surface area contributed by atoms with E-state index in [4.69, 9.17) is 0 Å². The summed E-state index contributed by atoms with van der Waals surface area (Å²) in [5, 5.41) is 2.55. The molecule has 0 aliphatic rings. The van der Waals surface area contributed by atoms with Crippen LogP contribution in [0.2, 0.25) is 0 Å². The molecule has 0 amide bonds. The van der Waals surface area contributed by atoms with E-state index in [9.17, 15) is 4.79 Å². The summed E-state index contributed by atoms with van der Waals surface area (Å²) in [6.07, 6.45) is 4.88. The predicted molar refractivity (Wildman–Crippen MR) is 57.7 cm³/mol. The molecule has 4 heteroatoms. The van der Waals surface area contributed by atoms with Crippen molar-refractivity contribution >= 4 is 21.7 Å². The minimum Gasteiger partial charge on any atom is -0.313 e. The van der Waals surface area contributed by atoms with Gasteiger partial charge in [0.1, 0.15) is 0 Å². The second kappa shape index (κ2) is 2.88. The number of hydrogen-bond acceptors (Lipinski definition) is 3. The van der Waals surface area contributed by atoms with Gasteiger partial charge in [-0.2, -0.15) is 0 Å². The molecule has 3 aromatic rings. The number of aromatic amines is 1. The molecular weight excluding hydrogens is 190 g/mol. The van der Waals surface area contributed by atoms with Crippen LogP contribution in [0.5, 0.6) is 0 Å². The molecule has 0 radical (unpaired) electrons. The van der Waals surface area contributed by atoms with Gasteiger partial charge >= 0.3 is 0 Å². The van der Waals surface area contributed by atoms with E-state index in [0.29, 0.717) is 5.39 Å². The maximum atomic E-state index is 11.5. The molecule has 0 saturated heterocycles. The van der Waals surface area contributed by atoms with Gasteiger partial charge in [0.2, 0.25) is 0 Å². The van der Waals surface area contributed by atoms with Crippen LogP contribution in [0.15, 0.2) is 41.7 Å². The number of aromatic nitrogens is 3. The molecule has 0 bridgehead atoms. The molecule has 15 heavy (non-hydrogen) atoms. The van der Waals surface area contributed by atoms with Crippen molar-refractivity contribution in [2.75, 3.05) is 0 Å². The third kappa shape index (κ3) is 1.11. The van der Waals surface area contributed by atoms with Gasteiger partial charge in [-0.15, -0.1) is 0 Å². The predicted octanol–water partition coefficient (Wildman–Crippen LogP) is 1.47. The quantitative estimate of drug-likeness (QED) is 0.555. The number of pyridine rings is 1. The standard InChI is InChI=1S/C11H7N3O/c15-11-9-2-1-7-5-12-4-3-8(7)10(9)13-6-14-11/h1-6H,(H,13,14,15). The summed E-state index contributed by atoms with van der Waals surface area (Å²) in [5.74, 6) is 0. The molecule has 0 unspecified atom stereocenters. The largest absolute Gasteiger partial charge is 0.313 e. The monoisotopic (exact) mass is 197 g/mol. The van der Waals surface area contributed by atoms with Crippen molar-refractivity contribution in [2.24, 2.45) is 0 Å². The Kier molecular flexibility index (Phi) is 1.56. The maximum Gasteiger partial charge on any atom is 0.258 e. The summed E-state index contributed by atoms with van der Waals surface area (Å²) in [6, 6.07) is 5.51. The zero-order chi connectivity index (χ0) is 10.3. The van der Waals surface area contributed by atoms with Gasteiger partial charge in [-0.05, 0) is 12.1 Å². The third-order valence-corrected chi connectivity index (χ3v) is 2.43. The number of hydrogen-bond donors (Lipinski definition) is 1. The Morgan fingerprint density at radius 3 is 3.00 bits per heavy atom. The van der Waals surface area contributed by atoms with Crippen LogP contribution in [-0.2, 0) is 0 Å². The molecule has 72 valence electrons. The molecule has 0 aliphatic carbocycles. The van der Waals surface area contributed by atoms with Crippen molar-refractivity contribution in [3.63, 3.8) is 0 Å². The van der Waals surface area contributed by atoms with Crippen LogP contribution in [0.4, 0.5) is 0 Å². The summed E-state index contributed by atoms with van der Waals surface area (Å²) >= 11 is 0. The van der Waals surface area contributed by atoms with Crippen molar-refractivity contribution in [1.82, 2.24) is 15.0 Å². The van der Waals surface area contributed by atoms with Gasteiger partial charge in [0.15, 0.2) is 0 Å². The lowest BCUT2D eigenvalue weighted by Crippen LogP contribution is -2.06. The summed E-state index contributed by atoms with van der Waals surface area (Å²) in [6.45, 7) is 0. The number of benzene rings is 1. The van der Waals surface area contributed by atoms with Crippen LogP contribution in [0, 0.1) is 0 Å². The third-order valence-electron chi connectivity index (χ3n) is 2.43. The van der Waals surface area contributed by atoms with Crippen LogP contribution in [0.3, 0.4) is 0 Å². The van der Waals surface area contributed by atoms with E-state index in [2.05, 4.69) is 15.0 Å². The van der Waals surface area contributed by atoms with Crippen molar-refractivity contribution in [3.8, 4) is 0 Å². The van der Waals surface area contributed by atoms with Crippen molar-refractivity contribution in [1.29, 1.82) is 0 Å². The van der Waals surface area contributed by atoms with Gasteiger partial charge in [-0.1, -0.05) is 6.07 Å². The number of nitrogens with zero attached hydrogens (tertiary/aromatic N) is 2. The molecule has 0 fully saturated rings. The Morgan fingerprint density at radius 2 is 2.07 bits per heavy atom. The lowest BCUT2D eigenvalue weighted by atomic mass is 10.1. The first kappa shape index (κ1) is 8.11. The van der Waals surface area contributed by atoms with E-state index in [-0.39, 0.29) is 5.56 Å². The molecule has 0 aliphatic heterocycles. The Balaban J connectivity index is 2.67. The minimum absolute atomic E-state index is 0.112. The lowest BCUT2D eigenvalue weighted by molar-refractivity contribution is 1.17. The minimum atomic E-state index is -0.112. The van der Waals surface area contributed by atoms with E-state index < -0.39 is 0 Å². The normalized spacial score (nSPS) is 10.9. The van der Waals surface area contributed by atoms with Crippen LogP contribution in [0.1, 0.15) is 0 Å². The van der Waals surface area contributed by atoms with Crippen LogP contribution < -0.4 is 5.56 Å². The second-order valence-electron chi connectivity index (χ2n) is 3.29. The number of H-pyrrole nitrogens is 1. The second-order valence-corrected chi connectivity index (χ2v) is 3.29. The molecule has 4 nitrogen and oxygen atoms in total. The van der Waals surface area contributed by atoms with Crippen molar-refractivity contribution in [3.05, 3.63) is 47.3 Å². The van der Waals surface area contributed by atoms with Crippen LogP contribution in [-0.4, -0.2) is 15.0 Å². The van der Waals surface area contributed by atoms with Crippen molar-refractivity contribution < 1.29 is 0 Å². The highest BCUT2D eigenvalue weighted by molar-refractivity contribution is 6.04. The SMILES string of the molecule is O=c1[nH]cnc2c1ccc1cnccc12. The molecule has 1 N–H and O–H groups in total. The van der Waals surface area contributed by atoms with Gasteiger partial charge in [0, 0.05) is 23.2 Å². The first-order valence-electron chi connectivity index (χ1n) is 4.56. The van der Waals surface area contributed by atoms with Crippen molar-refractivity contribution in [2.45, 2.75) is 0 Å². The Bertz CT molecular complexity index is 703. The first-order chi connectivity index (χ1) is 7.36. The topological polar surface area (TPSA) is 58.6 Å². The summed E-state index contributed by atoms with van der Waals surface area (Å²) in [4.78, 5) is 22.3. The van der Waals surface area contributed by atoms with Gasteiger partial charge in [0.25, 0.3) is 5.56 Å². The molecule has 3 rings (SSSR count). The van der Waals surface area contributed by atoms with Gasteiger partial charge in [-0.25, -0.2) is 4.98 Å². The Hall–Kier alpha value is -2.23. The molecular formula is C11H7N3O.